The summed E-state index contributed by atoms with van der Waals surface area (Å²) < 4.78 is 0. The van der Waals surface area contributed by atoms with Gasteiger partial charge in [0.05, 0.1) is 6.04 Å². The molecule has 16 heavy (non-hydrogen) atoms. The van der Waals surface area contributed by atoms with Gasteiger partial charge in [0, 0.05) is 13.0 Å². The highest BCUT2D eigenvalue weighted by Gasteiger charge is 2.29. The summed E-state index contributed by atoms with van der Waals surface area (Å²) in [6.07, 6.45) is 1.66. The van der Waals surface area contributed by atoms with Crippen molar-refractivity contribution in [3.05, 3.63) is 35.4 Å². The van der Waals surface area contributed by atoms with Crippen molar-refractivity contribution in [1.29, 1.82) is 0 Å². The largest absolute Gasteiger partial charge is 0.326 e. The molecule has 1 aliphatic rings. The van der Waals surface area contributed by atoms with E-state index in [4.69, 9.17) is 5.73 Å². The van der Waals surface area contributed by atoms with Gasteiger partial charge < -0.3 is 5.73 Å². The van der Waals surface area contributed by atoms with Crippen molar-refractivity contribution >= 4 is 5.78 Å². The first-order valence-electron chi connectivity index (χ1n) is 5.75. The van der Waals surface area contributed by atoms with Crippen LogP contribution >= 0.6 is 0 Å². The average molecular weight is 218 g/mol. The van der Waals surface area contributed by atoms with Gasteiger partial charge in [0.15, 0.2) is 5.78 Å². The fraction of sp³-hybridized carbons (Fsp3) is 0.462. The normalized spacial score (nSPS) is 22.4. The molecule has 1 aromatic carbocycles. The molecule has 1 fully saturated rings. The van der Waals surface area contributed by atoms with Crippen LogP contribution in [0.1, 0.15) is 30.0 Å². The monoisotopic (exact) mass is 218 g/mol. The lowest BCUT2D eigenvalue weighted by molar-refractivity contribution is -0.126. The second-order valence-corrected chi connectivity index (χ2v) is 4.36. The SMILES string of the molecule is CN1CCCC(=O)C1c1ccccc1CN. The van der Waals surface area contributed by atoms with E-state index < -0.39 is 0 Å². The fourth-order valence-corrected chi connectivity index (χ4v) is 2.41. The number of piperidine rings is 1. The molecule has 1 unspecified atom stereocenters. The van der Waals surface area contributed by atoms with Gasteiger partial charge in [-0.05, 0) is 31.1 Å². The third-order valence-electron chi connectivity index (χ3n) is 3.25. The Kier molecular flexibility index (Phi) is 3.36. The molecule has 1 aromatic rings. The van der Waals surface area contributed by atoms with Crippen molar-refractivity contribution in [2.75, 3.05) is 13.6 Å². The summed E-state index contributed by atoms with van der Waals surface area (Å²) in [4.78, 5) is 14.1. The van der Waals surface area contributed by atoms with Crippen molar-refractivity contribution in [2.24, 2.45) is 5.73 Å². The Balaban J connectivity index is 2.37. The molecule has 0 bridgehead atoms. The molecule has 1 saturated heterocycles. The summed E-state index contributed by atoms with van der Waals surface area (Å²) in [6.45, 7) is 1.48. The quantitative estimate of drug-likeness (QED) is 0.818. The molecular formula is C13H18N2O. The van der Waals surface area contributed by atoms with E-state index in [-0.39, 0.29) is 6.04 Å². The van der Waals surface area contributed by atoms with Crippen LogP contribution in [0, 0.1) is 0 Å². The maximum Gasteiger partial charge on any atom is 0.154 e. The predicted molar refractivity (Wildman–Crippen MR) is 63.9 cm³/mol. The van der Waals surface area contributed by atoms with Crippen molar-refractivity contribution in [3.63, 3.8) is 0 Å². The summed E-state index contributed by atoms with van der Waals surface area (Å²) in [6, 6.07) is 7.88. The molecule has 1 aliphatic heterocycles. The topological polar surface area (TPSA) is 46.3 Å². The van der Waals surface area contributed by atoms with E-state index in [0.717, 1.165) is 24.1 Å². The van der Waals surface area contributed by atoms with Crippen molar-refractivity contribution in [1.82, 2.24) is 4.90 Å². The number of carbonyl (C=O) groups excluding carboxylic acids is 1. The Bertz CT molecular complexity index is 389. The molecule has 0 aromatic heterocycles. The molecule has 1 heterocycles. The van der Waals surface area contributed by atoms with Gasteiger partial charge in [-0.2, -0.15) is 0 Å². The number of hydrogen-bond acceptors (Lipinski definition) is 3. The maximum absolute atomic E-state index is 12.0. The minimum Gasteiger partial charge on any atom is -0.326 e. The Morgan fingerprint density at radius 1 is 1.44 bits per heavy atom. The molecule has 0 saturated carbocycles. The predicted octanol–water partition coefficient (Wildman–Crippen LogP) is 1.48. The molecule has 3 heteroatoms. The van der Waals surface area contributed by atoms with E-state index in [9.17, 15) is 4.79 Å². The first kappa shape index (κ1) is 11.3. The third kappa shape index (κ3) is 2.01. The molecule has 2 rings (SSSR count). The molecule has 0 spiro atoms. The molecule has 1 atom stereocenters. The van der Waals surface area contributed by atoms with E-state index in [1.54, 1.807) is 0 Å². The van der Waals surface area contributed by atoms with E-state index in [2.05, 4.69) is 4.90 Å². The number of benzene rings is 1. The van der Waals surface area contributed by atoms with E-state index >= 15 is 0 Å². The van der Waals surface area contributed by atoms with Gasteiger partial charge in [-0.15, -0.1) is 0 Å². The number of likely N-dealkylation sites (tertiary alicyclic amines) is 1. The number of hydrogen-bond donors (Lipinski definition) is 1. The fourth-order valence-electron chi connectivity index (χ4n) is 2.41. The summed E-state index contributed by atoms with van der Waals surface area (Å²) in [5.74, 6) is 0.314. The van der Waals surface area contributed by atoms with Gasteiger partial charge in [-0.25, -0.2) is 0 Å². The van der Waals surface area contributed by atoms with Gasteiger partial charge in [-0.3, -0.25) is 9.69 Å². The van der Waals surface area contributed by atoms with E-state index in [0.29, 0.717) is 18.7 Å². The highest BCUT2D eigenvalue weighted by molar-refractivity contribution is 5.86. The standard InChI is InChI=1S/C13H18N2O/c1-15-8-4-7-12(16)13(15)11-6-3-2-5-10(11)9-14/h2-3,5-6,13H,4,7-9,14H2,1H3. The number of nitrogens with two attached hydrogens (primary N) is 1. The van der Waals surface area contributed by atoms with E-state index in [1.165, 1.54) is 0 Å². The zero-order valence-corrected chi connectivity index (χ0v) is 9.65. The Morgan fingerprint density at radius 3 is 2.88 bits per heavy atom. The second kappa shape index (κ2) is 4.76. The molecule has 3 nitrogen and oxygen atoms in total. The lowest BCUT2D eigenvalue weighted by atomic mass is 9.91. The molecule has 0 radical (unpaired) electrons. The van der Waals surface area contributed by atoms with Gasteiger partial charge >= 0.3 is 0 Å². The van der Waals surface area contributed by atoms with Crippen LogP contribution in [0.3, 0.4) is 0 Å². The smallest absolute Gasteiger partial charge is 0.154 e. The van der Waals surface area contributed by atoms with E-state index in [1.807, 2.05) is 31.3 Å². The van der Waals surface area contributed by atoms with Crippen molar-refractivity contribution < 1.29 is 4.79 Å². The number of rotatable bonds is 2. The number of likely N-dealkylation sites (N-methyl/N-ethyl adjacent to an activating group) is 1. The highest BCUT2D eigenvalue weighted by Crippen LogP contribution is 2.28. The average Bonchev–Trinajstić information content (AvgIpc) is 2.29. The van der Waals surface area contributed by atoms with Crippen LogP contribution in [-0.2, 0) is 11.3 Å². The number of Topliss-reactive ketones (excluding diaryl/α,β-unsaturated/α-hetero) is 1. The summed E-state index contributed by atoms with van der Waals surface area (Å²) in [7, 11) is 2.01. The first-order valence-corrected chi connectivity index (χ1v) is 5.75. The van der Waals surface area contributed by atoms with Gasteiger partial charge in [0.1, 0.15) is 0 Å². The van der Waals surface area contributed by atoms with Gasteiger partial charge in [0.2, 0.25) is 0 Å². The number of nitrogens with zero attached hydrogens (tertiary/aromatic N) is 1. The zero-order chi connectivity index (χ0) is 11.5. The molecule has 2 N–H and O–H groups in total. The highest BCUT2D eigenvalue weighted by atomic mass is 16.1. The van der Waals surface area contributed by atoms with Crippen LogP contribution < -0.4 is 5.73 Å². The molecule has 0 aliphatic carbocycles. The summed E-state index contributed by atoms with van der Waals surface area (Å²) in [5.41, 5.74) is 7.88. The summed E-state index contributed by atoms with van der Waals surface area (Å²) in [5, 5.41) is 0. The van der Waals surface area contributed by atoms with Crippen LogP contribution in [0.25, 0.3) is 0 Å². The Labute approximate surface area is 96.2 Å². The van der Waals surface area contributed by atoms with Crippen LogP contribution in [-0.4, -0.2) is 24.3 Å². The lowest BCUT2D eigenvalue weighted by Crippen LogP contribution is -2.37. The Hall–Kier alpha value is -1.19. The van der Waals surface area contributed by atoms with Crippen LogP contribution in [0.4, 0.5) is 0 Å². The molecule has 86 valence electrons. The zero-order valence-electron chi connectivity index (χ0n) is 9.65. The summed E-state index contributed by atoms with van der Waals surface area (Å²) >= 11 is 0. The minimum absolute atomic E-state index is 0.0894. The minimum atomic E-state index is -0.0894. The lowest BCUT2D eigenvalue weighted by Gasteiger charge is -2.32. The number of ketones is 1. The van der Waals surface area contributed by atoms with Crippen LogP contribution in [0.15, 0.2) is 24.3 Å². The number of carbonyl (C=O) groups is 1. The first-order chi connectivity index (χ1) is 7.74. The second-order valence-electron chi connectivity index (χ2n) is 4.36. The Morgan fingerprint density at radius 2 is 2.19 bits per heavy atom. The molecular weight excluding hydrogens is 200 g/mol. The van der Waals surface area contributed by atoms with Crippen molar-refractivity contribution in [3.8, 4) is 0 Å². The maximum atomic E-state index is 12.0. The third-order valence-corrected chi connectivity index (χ3v) is 3.25. The molecule has 0 amide bonds. The van der Waals surface area contributed by atoms with Crippen molar-refractivity contribution in [2.45, 2.75) is 25.4 Å². The van der Waals surface area contributed by atoms with Crippen LogP contribution in [0.2, 0.25) is 0 Å². The van der Waals surface area contributed by atoms with Gasteiger partial charge in [0.25, 0.3) is 0 Å². The van der Waals surface area contributed by atoms with Crippen LogP contribution in [0.5, 0.6) is 0 Å². The van der Waals surface area contributed by atoms with Gasteiger partial charge in [-0.1, -0.05) is 24.3 Å².